The number of nitrogens with one attached hydrogen (secondary N) is 1. The van der Waals surface area contributed by atoms with E-state index in [1.165, 1.54) is 12.4 Å². The van der Waals surface area contributed by atoms with Crippen LogP contribution in [-0.4, -0.2) is 14.8 Å². The van der Waals surface area contributed by atoms with Gasteiger partial charge in [-0.1, -0.05) is 41.4 Å². The minimum Gasteiger partial charge on any atom is -0.324 e. The van der Waals surface area contributed by atoms with E-state index in [0.29, 0.717) is 21.6 Å². The molecule has 0 spiro atoms. The number of nitrogens with zero attached hydrogens (tertiary/aromatic N) is 3. The summed E-state index contributed by atoms with van der Waals surface area (Å²) in [5.41, 5.74) is 2.06. The monoisotopic (exact) mass is 394 g/mol. The second-order valence-corrected chi connectivity index (χ2v) is 6.16. The first-order valence-corrected chi connectivity index (χ1v) is 7.97. The van der Waals surface area contributed by atoms with Gasteiger partial charge in [0.25, 0.3) is 0 Å². The molecule has 8 heteroatoms. The summed E-state index contributed by atoms with van der Waals surface area (Å²) in [7, 11) is 0. The Labute approximate surface area is 160 Å². The van der Waals surface area contributed by atoms with Crippen molar-refractivity contribution in [3.05, 3.63) is 81.9 Å². The fraction of sp³-hybridized carbons (Fsp3) is 0.0588. The van der Waals surface area contributed by atoms with E-state index in [-0.39, 0.29) is 19.3 Å². The molecule has 2 heterocycles. The highest BCUT2D eigenvalue weighted by Crippen LogP contribution is 2.36. The van der Waals surface area contributed by atoms with Crippen LogP contribution in [-0.2, 0) is 0 Å². The molecule has 0 bridgehead atoms. The number of hydrogen-bond donors (Lipinski definition) is 1. The van der Waals surface area contributed by atoms with Crippen LogP contribution in [0.2, 0.25) is 10.0 Å². The van der Waals surface area contributed by atoms with Gasteiger partial charge in [-0.05, 0) is 35.9 Å². The standard InChI is InChI=1S/C17H11Cl2FN4.H2S/c18-11-6-4-10(5-7-11)14-8-15(24-17(23-14)21-9-22-24)16-12(19)2-1-3-13(16)20;/h1-9,15H,(H,21,22,23);1H2/t15-;/m0./s1. The lowest BCUT2D eigenvalue weighted by atomic mass is 10.0. The highest BCUT2D eigenvalue weighted by atomic mass is 35.5. The molecule has 128 valence electrons. The molecular weight excluding hydrogens is 382 g/mol. The van der Waals surface area contributed by atoms with Crippen LogP contribution >= 0.6 is 36.7 Å². The van der Waals surface area contributed by atoms with Crippen LogP contribution in [0.1, 0.15) is 17.2 Å². The summed E-state index contributed by atoms with van der Waals surface area (Å²) in [4.78, 5) is 4.19. The molecule has 0 saturated heterocycles. The maximum absolute atomic E-state index is 14.4. The van der Waals surface area contributed by atoms with E-state index in [4.69, 9.17) is 23.2 Å². The molecule has 1 N–H and O–H groups in total. The van der Waals surface area contributed by atoms with Crippen LogP contribution in [0.3, 0.4) is 0 Å². The Hall–Kier alpha value is -2.02. The fourth-order valence-electron chi connectivity index (χ4n) is 2.73. The topological polar surface area (TPSA) is 42.7 Å². The highest BCUT2D eigenvalue weighted by Gasteiger charge is 2.27. The first-order valence-electron chi connectivity index (χ1n) is 7.21. The number of benzene rings is 2. The number of rotatable bonds is 2. The molecule has 25 heavy (non-hydrogen) atoms. The van der Waals surface area contributed by atoms with Crippen molar-refractivity contribution in [1.82, 2.24) is 14.8 Å². The second-order valence-electron chi connectivity index (χ2n) is 5.32. The molecule has 0 amide bonds. The van der Waals surface area contributed by atoms with Crippen molar-refractivity contribution in [3.8, 4) is 0 Å². The maximum atomic E-state index is 14.4. The molecule has 0 aliphatic carbocycles. The van der Waals surface area contributed by atoms with Crippen LogP contribution in [0.5, 0.6) is 0 Å². The number of allylic oxidation sites excluding steroid dienone is 1. The van der Waals surface area contributed by atoms with E-state index < -0.39 is 6.04 Å². The first kappa shape index (κ1) is 17.8. The minimum atomic E-state index is -0.497. The lowest BCUT2D eigenvalue weighted by molar-refractivity contribution is 0.551. The predicted molar refractivity (Wildman–Crippen MR) is 103 cm³/mol. The molecular formula is C17H13Cl2FN4S. The van der Waals surface area contributed by atoms with E-state index in [0.717, 1.165) is 11.3 Å². The van der Waals surface area contributed by atoms with Crippen molar-refractivity contribution in [2.45, 2.75) is 6.04 Å². The van der Waals surface area contributed by atoms with E-state index in [1.54, 1.807) is 28.9 Å². The van der Waals surface area contributed by atoms with Gasteiger partial charge in [0.15, 0.2) is 0 Å². The van der Waals surface area contributed by atoms with Gasteiger partial charge < -0.3 is 5.32 Å². The Balaban J connectivity index is 0.00000182. The minimum absolute atomic E-state index is 0. The van der Waals surface area contributed by atoms with E-state index >= 15 is 0 Å². The number of hydrogen-bond acceptors (Lipinski definition) is 3. The van der Waals surface area contributed by atoms with Crippen LogP contribution < -0.4 is 5.32 Å². The summed E-state index contributed by atoms with van der Waals surface area (Å²) in [5.74, 6) is 0.134. The Bertz CT molecular complexity index is 920. The van der Waals surface area contributed by atoms with Gasteiger partial charge in [-0.3, -0.25) is 0 Å². The summed E-state index contributed by atoms with van der Waals surface area (Å²) < 4.78 is 16.0. The summed E-state index contributed by atoms with van der Waals surface area (Å²) in [6.45, 7) is 0. The predicted octanol–water partition coefficient (Wildman–Crippen LogP) is 4.89. The molecule has 1 aliphatic heterocycles. The average molecular weight is 395 g/mol. The molecule has 0 unspecified atom stereocenters. The van der Waals surface area contributed by atoms with Crippen LogP contribution in [0, 0.1) is 5.82 Å². The molecule has 1 aliphatic rings. The Kier molecular flexibility index (Phi) is 5.03. The highest BCUT2D eigenvalue weighted by molar-refractivity contribution is 7.59. The smallest absolute Gasteiger partial charge is 0.226 e. The Morgan fingerprint density at radius 2 is 1.84 bits per heavy atom. The van der Waals surface area contributed by atoms with Gasteiger partial charge in [0.05, 0.1) is 0 Å². The van der Waals surface area contributed by atoms with Crippen molar-refractivity contribution >= 4 is 48.3 Å². The molecule has 0 radical (unpaired) electrons. The third kappa shape index (κ3) is 3.25. The molecule has 2 aromatic carbocycles. The van der Waals surface area contributed by atoms with Crippen molar-refractivity contribution < 1.29 is 4.39 Å². The first-order chi connectivity index (χ1) is 11.6. The van der Waals surface area contributed by atoms with Gasteiger partial charge >= 0.3 is 0 Å². The zero-order chi connectivity index (χ0) is 16.7. The summed E-state index contributed by atoms with van der Waals surface area (Å²) in [6, 6.07) is 11.5. The molecule has 4 rings (SSSR count). The van der Waals surface area contributed by atoms with E-state index in [2.05, 4.69) is 15.4 Å². The average Bonchev–Trinajstić information content (AvgIpc) is 3.04. The summed E-state index contributed by atoms with van der Waals surface area (Å²) >= 11 is 12.2. The Morgan fingerprint density at radius 3 is 2.56 bits per heavy atom. The molecule has 0 fully saturated rings. The third-order valence-electron chi connectivity index (χ3n) is 3.86. The largest absolute Gasteiger partial charge is 0.324 e. The lowest BCUT2D eigenvalue weighted by Crippen LogP contribution is -2.21. The fourth-order valence-corrected chi connectivity index (χ4v) is 3.13. The van der Waals surface area contributed by atoms with Crippen molar-refractivity contribution in [2.24, 2.45) is 0 Å². The molecule has 0 saturated carbocycles. The number of halogens is 3. The Morgan fingerprint density at radius 1 is 1.08 bits per heavy atom. The molecule has 3 aromatic rings. The zero-order valence-electron chi connectivity index (χ0n) is 12.7. The van der Waals surface area contributed by atoms with Gasteiger partial charge in [0.1, 0.15) is 18.2 Å². The normalized spacial score (nSPS) is 15.6. The SMILES string of the molecule is Fc1cccc(Cl)c1[C@@H]1C=C(c2ccc(Cl)cc2)Nc2ncnn21.S. The number of anilines is 1. The third-order valence-corrected chi connectivity index (χ3v) is 4.44. The van der Waals surface area contributed by atoms with Crippen molar-refractivity contribution in [3.63, 3.8) is 0 Å². The summed E-state index contributed by atoms with van der Waals surface area (Å²) in [5, 5.41) is 8.37. The van der Waals surface area contributed by atoms with E-state index in [1.807, 2.05) is 18.2 Å². The second kappa shape index (κ2) is 7.07. The van der Waals surface area contributed by atoms with Gasteiger partial charge in [-0.15, -0.1) is 0 Å². The van der Waals surface area contributed by atoms with Crippen LogP contribution in [0.15, 0.2) is 54.9 Å². The molecule has 1 aromatic heterocycles. The van der Waals surface area contributed by atoms with Gasteiger partial charge in [0, 0.05) is 21.3 Å². The lowest BCUT2D eigenvalue weighted by Gasteiger charge is -2.25. The quantitative estimate of drug-likeness (QED) is 0.672. The maximum Gasteiger partial charge on any atom is 0.226 e. The molecule has 4 nitrogen and oxygen atoms in total. The van der Waals surface area contributed by atoms with E-state index in [9.17, 15) is 4.39 Å². The number of fused-ring (bicyclic) bond motifs is 1. The van der Waals surface area contributed by atoms with Crippen molar-refractivity contribution in [1.29, 1.82) is 0 Å². The summed E-state index contributed by atoms with van der Waals surface area (Å²) in [6.07, 6.45) is 3.29. The van der Waals surface area contributed by atoms with Crippen LogP contribution in [0.4, 0.5) is 10.3 Å². The van der Waals surface area contributed by atoms with Crippen LogP contribution in [0.25, 0.3) is 5.70 Å². The van der Waals surface area contributed by atoms with Gasteiger partial charge in [0.2, 0.25) is 5.95 Å². The molecule has 1 atom stereocenters. The zero-order valence-corrected chi connectivity index (χ0v) is 15.3. The van der Waals surface area contributed by atoms with Crippen molar-refractivity contribution in [2.75, 3.05) is 5.32 Å². The van der Waals surface area contributed by atoms with Gasteiger partial charge in [-0.2, -0.15) is 23.6 Å². The number of aromatic nitrogens is 3. The van der Waals surface area contributed by atoms with Gasteiger partial charge in [-0.25, -0.2) is 9.07 Å².